The van der Waals surface area contributed by atoms with E-state index in [2.05, 4.69) is 14.9 Å². The molecule has 2 heterocycles. The molecule has 0 atom stereocenters. The maximum atomic E-state index is 14.9. The van der Waals surface area contributed by atoms with Crippen LogP contribution in [0.2, 0.25) is 5.02 Å². The number of hydrogen-bond acceptors (Lipinski definition) is 6. The molecule has 4 rings (SSSR count). The van der Waals surface area contributed by atoms with Crippen LogP contribution in [0.4, 0.5) is 29.2 Å². The minimum Gasteiger partial charge on any atom is -0.488 e. The number of pyridine rings is 1. The molecule has 0 aliphatic heterocycles. The number of nitrogens with zero attached hydrogens (tertiary/aromatic N) is 3. The van der Waals surface area contributed by atoms with Gasteiger partial charge in [0.25, 0.3) is 0 Å². The topological polar surface area (TPSA) is 60.6 Å². The molecule has 4 aromatic rings. The first-order valence-corrected chi connectivity index (χ1v) is 9.11. The highest BCUT2D eigenvalue weighted by atomic mass is 35.5. The van der Waals surface area contributed by atoms with Gasteiger partial charge in [0.2, 0.25) is 5.82 Å². The third kappa shape index (κ3) is 4.64. The van der Waals surface area contributed by atoms with Gasteiger partial charge in [-0.2, -0.15) is 5.12 Å². The number of ether oxygens (including phenoxy) is 2. The Hall–Kier alpha value is -3.53. The molecule has 11 heteroatoms. The monoisotopic (exact) mass is 453 g/mol. The zero-order chi connectivity index (χ0) is 22.0. The molecule has 31 heavy (non-hydrogen) atoms. The average molecular weight is 454 g/mol. The Balaban J connectivity index is 1.66. The van der Waals surface area contributed by atoms with Crippen molar-refractivity contribution in [3.05, 3.63) is 71.5 Å². The molecular weight excluding hydrogens is 442 g/mol. The number of rotatable bonds is 6. The van der Waals surface area contributed by atoms with E-state index in [9.17, 15) is 17.7 Å². The van der Waals surface area contributed by atoms with Crippen molar-refractivity contribution in [2.45, 2.75) is 13.0 Å². The molecule has 2 aromatic carbocycles. The lowest BCUT2D eigenvalue weighted by atomic mass is 10.2. The van der Waals surface area contributed by atoms with Crippen LogP contribution < -0.4 is 14.6 Å². The van der Waals surface area contributed by atoms with Crippen LogP contribution in [0.1, 0.15) is 5.56 Å². The van der Waals surface area contributed by atoms with E-state index in [0.717, 1.165) is 6.07 Å². The van der Waals surface area contributed by atoms with Crippen LogP contribution >= 0.6 is 11.6 Å². The second kappa shape index (κ2) is 8.31. The first kappa shape index (κ1) is 20.7. The number of halogens is 5. The maximum absolute atomic E-state index is 14.9. The van der Waals surface area contributed by atoms with E-state index in [0.29, 0.717) is 0 Å². The van der Waals surface area contributed by atoms with E-state index >= 15 is 0 Å². The Kier molecular flexibility index (Phi) is 5.55. The van der Waals surface area contributed by atoms with Crippen molar-refractivity contribution in [3.8, 4) is 11.5 Å². The molecule has 0 aliphatic rings. The van der Waals surface area contributed by atoms with Gasteiger partial charge >= 0.3 is 6.36 Å². The standard InChI is InChI=1S/C20H12ClF4N3O3/c21-13-6-7-15(30-20(22,23)24)12(9-13)11-29-16-4-1-5-17-18(16)19(27-31-17)28(25)14-3-2-8-26-10-14/h1-10H,11H2. The quantitative estimate of drug-likeness (QED) is 0.249. The first-order chi connectivity index (χ1) is 14.8. The van der Waals surface area contributed by atoms with E-state index in [-0.39, 0.29) is 50.5 Å². The minimum absolute atomic E-state index is 0.0456. The molecule has 2 aromatic heterocycles. The fraction of sp³-hybridized carbons (Fsp3) is 0.100. The first-order valence-electron chi connectivity index (χ1n) is 8.73. The Labute approximate surface area is 177 Å². The zero-order valence-electron chi connectivity index (χ0n) is 15.4. The van der Waals surface area contributed by atoms with Gasteiger partial charge in [-0.3, -0.25) is 4.98 Å². The predicted octanol–water partition coefficient (Wildman–Crippen LogP) is 6.38. The molecule has 0 radical (unpaired) electrons. The summed E-state index contributed by atoms with van der Waals surface area (Å²) in [7, 11) is 0. The van der Waals surface area contributed by atoms with Gasteiger partial charge in [-0.25, -0.2) is 0 Å². The molecule has 0 unspecified atom stereocenters. The summed E-state index contributed by atoms with van der Waals surface area (Å²) in [5.41, 5.74) is 0.365. The summed E-state index contributed by atoms with van der Waals surface area (Å²) >= 11 is 5.90. The normalized spacial score (nSPS) is 11.5. The second-order valence-corrected chi connectivity index (χ2v) is 6.65. The summed E-state index contributed by atoms with van der Waals surface area (Å²) in [6.07, 6.45) is -2.11. The van der Waals surface area contributed by atoms with Crippen LogP contribution in [0, 0.1) is 0 Å². The molecule has 0 aliphatic carbocycles. The second-order valence-electron chi connectivity index (χ2n) is 6.22. The van der Waals surface area contributed by atoms with Crippen molar-refractivity contribution in [1.29, 1.82) is 0 Å². The molecule has 0 bridgehead atoms. The molecule has 0 saturated heterocycles. The molecule has 0 N–H and O–H groups in total. The van der Waals surface area contributed by atoms with Crippen LogP contribution in [-0.2, 0) is 6.61 Å². The Morgan fingerprint density at radius 2 is 1.90 bits per heavy atom. The van der Waals surface area contributed by atoms with E-state index in [1.165, 1.54) is 36.7 Å². The number of hydrogen-bond donors (Lipinski definition) is 0. The van der Waals surface area contributed by atoms with E-state index in [1.54, 1.807) is 18.2 Å². The highest BCUT2D eigenvalue weighted by Crippen LogP contribution is 2.38. The minimum atomic E-state index is -4.89. The van der Waals surface area contributed by atoms with E-state index < -0.39 is 12.1 Å². The van der Waals surface area contributed by atoms with Gasteiger partial charge in [-0.15, -0.1) is 13.2 Å². The lowest BCUT2D eigenvalue weighted by Crippen LogP contribution is -2.18. The average Bonchev–Trinajstić information content (AvgIpc) is 3.18. The van der Waals surface area contributed by atoms with Crippen molar-refractivity contribution in [1.82, 2.24) is 10.1 Å². The number of benzene rings is 2. The van der Waals surface area contributed by atoms with Gasteiger partial charge in [0.1, 0.15) is 23.5 Å². The van der Waals surface area contributed by atoms with Gasteiger partial charge in [-0.05, 0) is 42.5 Å². The van der Waals surface area contributed by atoms with Gasteiger partial charge in [0, 0.05) is 16.8 Å². The summed E-state index contributed by atoms with van der Waals surface area (Å²) in [6, 6.07) is 11.3. The molecule has 0 saturated carbocycles. The zero-order valence-corrected chi connectivity index (χ0v) is 16.2. The molecule has 0 spiro atoms. The Bertz CT molecular complexity index is 1200. The molecule has 0 amide bonds. The van der Waals surface area contributed by atoms with Crippen LogP contribution in [0.5, 0.6) is 11.5 Å². The number of aromatic nitrogens is 2. The molecule has 160 valence electrons. The maximum Gasteiger partial charge on any atom is 0.573 e. The summed E-state index contributed by atoms with van der Waals surface area (Å²) in [5.74, 6) is -0.522. The lowest BCUT2D eigenvalue weighted by molar-refractivity contribution is -0.275. The highest BCUT2D eigenvalue weighted by molar-refractivity contribution is 6.30. The van der Waals surface area contributed by atoms with Crippen molar-refractivity contribution in [3.63, 3.8) is 0 Å². The van der Waals surface area contributed by atoms with Gasteiger partial charge in [-0.1, -0.05) is 27.3 Å². The molecule has 6 nitrogen and oxygen atoms in total. The predicted molar refractivity (Wildman–Crippen MR) is 104 cm³/mol. The third-order valence-electron chi connectivity index (χ3n) is 4.13. The van der Waals surface area contributed by atoms with Crippen LogP contribution in [0.15, 0.2) is 65.4 Å². The molecule has 0 fully saturated rings. The third-order valence-corrected chi connectivity index (χ3v) is 4.37. The van der Waals surface area contributed by atoms with Gasteiger partial charge in [0.15, 0.2) is 5.58 Å². The number of fused-ring (bicyclic) bond motifs is 1. The summed E-state index contributed by atoms with van der Waals surface area (Å²) in [5, 5.41) is 4.39. The Morgan fingerprint density at radius 3 is 2.65 bits per heavy atom. The van der Waals surface area contributed by atoms with Gasteiger partial charge in [0.05, 0.1) is 11.9 Å². The fourth-order valence-corrected chi connectivity index (χ4v) is 3.03. The SMILES string of the molecule is FN(c1cccnc1)c1noc2cccc(OCc3cc(Cl)ccc3OC(F)(F)F)c12. The van der Waals surface area contributed by atoms with Gasteiger partial charge < -0.3 is 14.0 Å². The van der Waals surface area contributed by atoms with Crippen LogP contribution in [-0.4, -0.2) is 16.5 Å². The number of anilines is 2. The van der Waals surface area contributed by atoms with E-state index in [4.69, 9.17) is 20.9 Å². The van der Waals surface area contributed by atoms with Crippen LogP contribution in [0.3, 0.4) is 0 Å². The Morgan fingerprint density at radius 1 is 1.06 bits per heavy atom. The summed E-state index contributed by atoms with van der Waals surface area (Å²) in [4.78, 5) is 3.85. The molecular formula is C20H12ClF4N3O3. The van der Waals surface area contributed by atoms with Crippen molar-refractivity contribution >= 4 is 34.1 Å². The largest absolute Gasteiger partial charge is 0.573 e. The summed E-state index contributed by atoms with van der Waals surface area (Å²) in [6.45, 7) is -0.338. The summed E-state index contributed by atoms with van der Waals surface area (Å²) < 4.78 is 67.9. The number of alkyl halides is 3. The van der Waals surface area contributed by atoms with Crippen LogP contribution in [0.25, 0.3) is 11.0 Å². The van der Waals surface area contributed by atoms with Crippen molar-refractivity contribution < 1.29 is 31.6 Å². The highest BCUT2D eigenvalue weighted by Gasteiger charge is 2.32. The van der Waals surface area contributed by atoms with Crippen molar-refractivity contribution in [2.24, 2.45) is 0 Å². The van der Waals surface area contributed by atoms with E-state index in [1.807, 2.05) is 0 Å². The lowest BCUT2D eigenvalue weighted by Gasteiger charge is -2.15. The fourth-order valence-electron chi connectivity index (χ4n) is 2.83. The smallest absolute Gasteiger partial charge is 0.488 e. The van der Waals surface area contributed by atoms with Crippen molar-refractivity contribution in [2.75, 3.05) is 5.12 Å².